The molecule has 0 N–H and O–H groups in total. The largest absolute Gasteiger partial charge is 0.786 e. The summed E-state index contributed by atoms with van der Waals surface area (Å²) in [6.45, 7) is 114. The molecule has 0 aromatic heterocycles. The minimum absolute atomic E-state index is 1.28. The molecule has 0 rings (SSSR count). The quantitative estimate of drug-likeness (QED) is 0.0346. The zero-order valence-electron chi connectivity index (χ0n) is 66.4. The zero-order chi connectivity index (χ0) is 76.6. The van der Waals surface area contributed by atoms with E-state index in [0.717, 1.165) is 0 Å². The Morgan fingerprint density at radius 2 is 0.174 bits per heavy atom. The summed E-state index contributed by atoms with van der Waals surface area (Å²) in [5.41, 5.74) is 0. The Bertz CT molecular complexity index is 1200. The number of rotatable bonds is 32. The van der Waals surface area contributed by atoms with E-state index in [0.29, 0.717) is 0 Å². The molecule has 0 aromatic rings. The van der Waals surface area contributed by atoms with Crippen molar-refractivity contribution in [1.29, 1.82) is 0 Å². The average Bonchev–Trinajstić information content (AvgIpc) is 2.65. The average molecular weight is 1430 g/mol. The molecule has 0 saturated heterocycles. The Morgan fingerprint density at radius 1 is 0.152 bits per heavy atom. The first-order valence-electron chi connectivity index (χ1n) is 35.6. The van der Waals surface area contributed by atoms with E-state index in [1.165, 1.54) is 245 Å². The van der Waals surface area contributed by atoms with E-state index in [4.69, 9.17) is 57.4 Å². The van der Waals surface area contributed by atoms with Crippen molar-refractivity contribution >= 4 is 31.6 Å². The first-order chi connectivity index (χ1) is 41.9. The van der Waals surface area contributed by atoms with E-state index < -0.39 is 31.6 Å². The minimum atomic E-state index is -5.64. The van der Waals surface area contributed by atoms with Crippen molar-refractivity contribution < 1.29 is 110 Å². The normalized spacial score (nSPS) is 12.0. The Balaban J connectivity index is -0.0000000764. The number of hydrogen-bond acceptors (Lipinski definition) is 12. The lowest BCUT2D eigenvalue weighted by atomic mass is 10.3. The van der Waals surface area contributed by atoms with Gasteiger partial charge in [0.05, 0.1) is 209 Å². The molecule has 0 heterocycles. The smallest absolute Gasteiger partial charge is 0.110 e. The standard InChI is InChI=1S/8C8H20N.4FH2O3P/c8*1-5-9(6-2,7-3)8-4;4*1-5(2,3)4/h8*5-8H2,1-4H3;4*(H2,2,3,4)/q8*+1;;;;/p-8. The molecule has 0 aliphatic rings. The highest BCUT2D eigenvalue weighted by Gasteiger charge is 2.21. The van der Waals surface area contributed by atoms with Crippen molar-refractivity contribution in [1.82, 2.24) is 0 Å². The number of hydrogen-bond donors (Lipinski definition) is 0. The molecule has 0 fully saturated rings. The lowest BCUT2D eigenvalue weighted by Crippen LogP contribution is -2.47. The van der Waals surface area contributed by atoms with E-state index in [1.807, 2.05) is 0 Å². The van der Waals surface area contributed by atoms with Crippen LogP contribution in [-0.2, 0) is 18.3 Å². The van der Waals surface area contributed by atoms with Crippen LogP contribution in [0.25, 0.3) is 0 Å². The van der Waals surface area contributed by atoms with Gasteiger partial charge in [0.25, 0.3) is 0 Å². The molecule has 0 aliphatic carbocycles. The summed E-state index contributed by atoms with van der Waals surface area (Å²) < 4.78 is 84.5. The molecule has 0 aliphatic heterocycles. The van der Waals surface area contributed by atoms with Crippen LogP contribution in [0.3, 0.4) is 0 Å². The van der Waals surface area contributed by atoms with Gasteiger partial charge in [-0.2, -0.15) is 0 Å². The summed E-state index contributed by atoms with van der Waals surface area (Å²) in [7, 11) is -22.6. The monoisotopic (exact) mass is 1430 g/mol. The fraction of sp³-hybridized carbons (Fsp3) is 1.00. The van der Waals surface area contributed by atoms with Gasteiger partial charge in [0.2, 0.25) is 0 Å². The molecule has 20 nitrogen and oxygen atoms in total. The third-order valence-corrected chi connectivity index (χ3v) is 21.5. The van der Waals surface area contributed by atoms with Crippen molar-refractivity contribution in [3.63, 3.8) is 0 Å². The predicted molar refractivity (Wildman–Crippen MR) is 374 cm³/mol. The topological polar surface area (TPSA) is 253 Å². The van der Waals surface area contributed by atoms with Gasteiger partial charge < -0.3 is 93.3 Å². The molecule has 0 atom stereocenters. The number of nitrogens with zero attached hydrogens (tertiary/aromatic N) is 8. The molecule has 0 amide bonds. The maximum absolute atomic E-state index is 10.1. The van der Waals surface area contributed by atoms with Crippen LogP contribution in [0.2, 0.25) is 0 Å². The lowest BCUT2D eigenvalue weighted by Gasteiger charge is -2.34. The zero-order valence-corrected chi connectivity index (χ0v) is 70.0. The first-order valence-corrected chi connectivity index (χ1v) is 41.3. The molecular formula is C64H160F4N8O12P4. The van der Waals surface area contributed by atoms with Crippen molar-refractivity contribution in [2.75, 3.05) is 209 Å². The third-order valence-electron chi connectivity index (χ3n) is 21.5. The second-order valence-corrected chi connectivity index (χ2v) is 26.0. The molecule has 0 radical (unpaired) electrons. The summed E-state index contributed by atoms with van der Waals surface area (Å²) in [6.07, 6.45) is 0. The highest BCUT2D eigenvalue weighted by molar-refractivity contribution is 7.43. The Kier molecular flexibility index (Phi) is 88.2. The van der Waals surface area contributed by atoms with Crippen LogP contribution in [0.4, 0.5) is 16.8 Å². The molecule has 0 spiro atoms. The Labute approximate surface area is 570 Å². The first kappa shape index (κ1) is 119. The van der Waals surface area contributed by atoms with Crippen LogP contribution >= 0.6 is 31.6 Å². The van der Waals surface area contributed by atoms with Gasteiger partial charge in [0.1, 0.15) is 31.6 Å². The molecule has 28 heteroatoms. The molecular weight excluding hydrogens is 1270 g/mol. The lowest BCUT2D eigenvalue weighted by molar-refractivity contribution is -0.921. The molecule has 92 heavy (non-hydrogen) atoms. The predicted octanol–water partition coefficient (Wildman–Crippen LogP) is 10.2. The van der Waals surface area contributed by atoms with Crippen LogP contribution in [0, 0.1) is 0 Å². The van der Waals surface area contributed by atoms with Crippen molar-refractivity contribution in [2.45, 2.75) is 222 Å². The third kappa shape index (κ3) is 77.4. The second-order valence-electron chi connectivity index (χ2n) is 22.6. The molecule has 0 unspecified atom stereocenters. The maximum atomic E-state index is 10.1. The molecule has 0 aromatic carbocycles. The fourth-order valence-corrected chi connectivity index (χ4v) is 10.7. The van der Waals surface area contributed by atoms with Crippen LogP contribution in [0.1, 0.15) is 222 Å². The van der Waals surface area contributed by atoms with Gasteiger partial charge in [-0.15, -0.1) is 0 Å². The fourth-order valence-electron chi connectivity index (χ4n) is 10.7. The summed E-state index contributed by atoms with van der Waals surface area (Å²) in [4.78, 5) is 67.5. The highest BCUT2D eigenvalue weighted by Crippen LogP contribution is 2.24. The van der Waals surface area contributed by atoms with E-state index in [2.05, 4.69) is 222 Å². The number of halogens is 4. The van der Waals surface area contributed by atoms with Gasteiger partial charge in [0.15, 0.2) is 0 Å². The van der Waals surface area contributed by atoms with Crippen LogP contribution in [-0.4, -0.2) is 245 Å². The molecule has 576 valence electrons. The van der Waals surface area contributed by atoms with E-state index in [9.17, 15) is 16.8 Å². The Morgan fingerprint density at radius 3 is 0.174 bits per heavy atom. The van der Waals surface area contributed by atoms with Gasteiger partial charge in [-0.25, -0.2) is 16.8 Å². The van der Waals surface area contributed by atoms with Crippen LogP contribution in [0.5, 0.6) is 0 Å². The summed E-state index contributed by atoms with van der Waals surface area (Å²) in [5, 5.41) is 0. The van der Waals surface area contributed by atoms with Gasteiger partial charge in [-0.1, -0.05) is 0 Å². The van der Waals surface area contributed by atoms with Crippen molar-refractivity contribution in [2.24, 2.45) is 0 Å². The van der Waals surface area contributed by atoms with Gasteiger partial charge in [0, 0.05) is 0 Å². The molecule has 0 saturated carbocycles. The van der Waals surface area contributed by atoms with Gasteiger partial charge >= 0.3 is 0 Å². The maximum Gasteiger partial charge on any atom is 0.110 e. The Hall–Kier alpha value is -0.000000000000000167. The SMILES string of the molecule is CC[N+](CC)(CC)CC.CC[N+](CC)(CC)CC.CC[N+](CC)(CC)CC.CC[N+](CC)(CC)CC.CC[N+](CC)(CC)CC.CC[N+](CC)(CC)CC.CC[N+](CC)(CC)CC.CC[N+](CC)(CC)CC.O=P([O-])([O-])F.O=P([O-])([O-])F.O=P([O-])([O-])F.O=P([O-])([O-])F. The summed E-state index contributed by atoms with van der Waals surface area (Å²) in [5.74, 6) is 0. The van der Waals surface area contributed by atoms with Crippen molar-refractivity contribution in [3.05, 3.63) is 0 Å². The van der Waals surface area contributed by atoms with Crippen LogP contribution < -0.4 is 39.1 Å². The van der Waals surface area contributed by atoms with E-state index in [-0.39, 0.29) is 0 Å². The van der Waals surface area contributed by atoms with Crippen LogP contribution in [0.15, 0.2) is 0 Å². The van der Waals surface area contributed by atoms with E-state index >= 15 is 0 Å². The minimum Gasteiger partial charge on any atom is -0.786 e. The molecule has 0 bridgehead atoms. The van der Waals surface area contributed by atoms with Crippen molar-refractivity contribution in [3.8, 4) is 0 Å². The number of quaternary nitrogens is 8. The van der Waals surface area contributed by atoms with Gasteiger partial charge in [-0.05, 0) is 222 Å². The van der Waals surface area contributed by atoms with E-state index in [1.54, 1.807) is 0 Å². The summed E-state index contributed by atoms with van der Waals surface area (Å²) >= 11 is 0. The summed E-state index contributed by atoms with van der Waals surface area (Å²) in [6, 6.07) is 0. The second kappa shape index (κ2) is 68.1. The highest BCUT2D eigenvalue weighted by atomic mass is 31.2. The van der Waals surface area contributed by atoms with Gasteiger partial charge in [-0.3, -0.25) is 0 Å².